The molecule has 5 rings (SSSR count). The maximum Gasteiger partial charge on any atom is 0.409 e. The fourth-order valence-electron chi connectivity index (χ4n) is 6.54. The molecule has 4 amide bonds. The summed E-state index contributed by atoms with van der Waals surface area (Å²) in [6.45, 7) is 7.19. The van der Waals surface area contributed by atoms with E-state index in [-0.39, 0.29) is 68.2 Å². The van der Waals surface area contributed by atoms with E-state index in [1.807, 2.05) is 19.9 Å². The number of halogens is 1. The zero-order valence-corrected chi connectivity index (χ0v) is 29.8. The quantitative estimate of drug-likeness (QED) is 0.236. The molecule has 1 aromatic heterocycles. The number of aliphatic carboxylic acids is 1. The highest BCUT2D eigenvalue weighted by Crippen LogP contribution is 2.34. The lowest BCUT2D eigenvalue weighted by Gasteiger charge is -2.36. The Morgan fingerprint density at radius 3 is 2.38 bits per heavy atom. The molecule has 2 N–H and O–H groups in total. The maximum atomic E-state index is 13.8. The third-order valence-electron chi connectivity index (χ3n) is 9.43. The molecule has 2 aliphatic rings. The number of rotatable bonds is 13. The maximum absolute atomic E-state index is 13.8. The van der Waals surface area contributed by atoms with Crippen LogP contribution in [0.5, 0.6) is 5.75 Å². The molecule has 0 bridgehead atoms. The first-order chi connectivity index (χ1) is 24.9. The second-order valence-electron chi connectivity index (χ2n) is 13.3. The molecule has 14 heteroatoms. The number of nitrogens with zero attached hydrogens (tertiary/aromatic N) is 4. The Hall–Kier alpha value is -5.27. The van der Waals surface area contributed by atoms with Gasteiger partial charge in [0.05, 0.1) is 18.2 Å². The van der Waals surface area contributed by atoms with Crippen LogP contribution in [0, 0.1) is 12.7 Å². The smallest absolute Gasteiger partial charge is 0.409 e. The van der Waals surface area contributed by atoms with Crippen LogP contribution < -0.4 is 10.1 Å². The minimum absolute atomic E-state index is 0.0779. The SMILES string of the molecule is CCCCOC(=O)N1CCN(C(=O)C(CCC(=O)O)NC(=O)c2cc(OC(C)C(=O)N3CCCC3c3ccc(F)cc3)c3ccc(C)cc3n2)CC1. The van der Waals surface area contributed by atoms with Gasteiger partial charge in [0.25, 0.3) is 11.8 Å². The van der Waals surface area contributed by atoms with E-state index in [0.29, 0.717) is 24.1 Å². The number of hydrogen-bond acceptors (Lipinski definition) is 8. The van der Waals surface area contributed by atoms with E-state index in [4.69, 9.17) is 9.47 Å². The summed E-state index contributed by atoms with van der Waals surface area (Å²) in [4.78, 5) is 74.4. The molecule has 3 atom stereocenters. The van der Waals surface area contributed by atoms with Crippen molar-refractivity contribution in [3.05, 3.63) is 71.2 Å². The monoisotopic (exact) mass is 719 g/mol. The number of pyridine rings is 1. The molecule has 2 saturated heterocycles. The molecule has 2 aliphatic heterocycles. The number of aryl methyl sites for hydroxylation is 1. The van der Waals surface area contributed by atoms with Gasteiger partial charge in [0, 0.05) is 50.6 Å². The van der Waals surface area contributed by atoms with Gasteiger partial charge in [-0.25, -0.2) is 14.2 Å². The molecule has 3 heterocycles. The van der Waals surface area contributed by atoms with E-state index in [2.05, 4.69) is 10.3 Å². The lowest BCUT2D eigenvalue weighted by molar-refractivity contribution is -0.139. The van der Waals surface area contributed by atoms with Crippen LogP contribution in [0.1, 0.15) is 80.0 Å². The van der Waals surface area contributed by atoms with Crippen LogP contribution in [0.15, 0.2) is 48.5 Å². The lowest BCUT2D eigenvalue weighted by atomic mass is 10.0. The van der Waals surface area contributed by atoms with Gasteiger partial charge in [-0.15, -0.1) is 0 Å². The molecule has 0 radical (unpaired) electrons. The number of carboxylic acids is 1. The number of aromatic nitrogens is 1. The number of ether oxygens (including phenoxy) is 2. The number of fused-ring (bicyclic) bond motifs is 1. The molecule has 3 unspecified atom stereocenters. The number of carboxylic acid groups (broad SMARTS) is 1. The summed E-state index contributed by atoms with van der Waals surface area (Å²) in [7, 11) is 0. The first-order valence-corrected chi connectivity index (χ1v) is 17.8. The molecule has 3 aromatic rings. The minimum Gasteiger partial charge on any atom is -0.481 e. The summed E-state index contributed by atoms with van der Waals surface area (Å²) in [5.74, 6) is -2.69. The molecule has 13 nitrogen and oxygen atoms in total. The molecule has 0 saturated carbocycles. The van der Waals surface area contributed by atoms with Gasteiger partial charge >= 0.3 is 12.1 Å². The van der Waals surface area contributed by atoms with E-state index in [9.17, 15) is 33.5 Å². The predicted molar refractivity (Wildman–Crippen MR) is 189 cm³/mol. The Kier molecular flexibility index (Phi) is 12.6. The highest BCUT2D eigenvalue weighted by molar-refractivity contribution is 5.99. The van der Waals surface area contributed by atoms with Crippen molar-refractivity contribution in [2.45, 2.75) is 77.5 Å². The summed E-state index contributed by atoms with van der Waals surface area (Å²) < 4.78 is 25.1. The summed E-state index contributed by atoms with van der Waals surface area (Å²) in [6.07, 6.45) is 1.23. The Morgan fingerprint density at radius 1 is 0.981 bits per heavy atom. The summed E-state index contributed by atoms with van der Waals surface area (Å²) >= 11 is 0. The van der Waals surface area contributed by atoms with Gasteiger partial charge in [-0.05, 0) is 74.9 Å². The van der Waals surface area contributed by atoms with Gasteiger partial charge in [-0.1, -0.05) is 31.5 Å². The van der Waals surface area contributed by atoms with Gasteiger partial charge in [-0.2, -0.15) is 0 Å². The number of piperazine rings is 1. The number of likely N-dealkylation sites (tertiary alicyclic amines) is 1. The molecule has 278 valence electrons. The van der Waals surface area contributed by atoms with Crippen LogP contribution in [0.2, 0.25) is 0 Å². The Balaban J connectivity index is 1.32. The largest absolute Gasteiger partial charge is 0.481 e. The van der Waals surface area contributed by atoms with Crippen molar-refractivity contribution < 1.29 is 42.9 Å². The molecular formula is C38H46FN5O8. The normalized spacial score (nSPS) is 17.1. The summed E-state index contributed by atoms with van der Waals surface area (Å²) in [5, 5.41) is 12.7. The van der Waals surface area contributed by atoms with Crippen LogP contribution in [-0.4, -0.2) is 106 Å². The van der Waals surface area contributed by atoms with Crippen molar-refractivity contribution in [1.29, 1.82) is 0 Å². The summed E-state index contributed by atoms with van der Waals surface area (Å²) in [5.41, 5.74) is 2.06. The average Bonchev–Trinajstić information content (AvgIpc) is 3.62. The number of benzene rings is 2. The number of carbonyl (C=O) groups is 5. The topological polar surface area (TPSA) is 159 Å². The fraction of sp³-hybridized carbons (Fsp3) is 0.474. The van der Waals surface area contributed by atoms with E-state index < -0.39 is 36.0 Å². The van der Waals surface area contributed by atoms with Gasteiger partial charge < -0.3 is 34.6 Å². The molecule has 52 heavy (non-hydrogen) atoms. The second-order valence-corrected chi connectivity index (χ2v) is 13.3. The van der Waals surface area contributed by atoms with Crippen molar-refractivity contribution in [2.75, 3.05) is 39.3 Å². The van der Waals surface area contributed by atoms with Crippen molar-refractivity contribution in [3.8, 4) is 5.75 Å². The Bertz CT molecular complexity index is 1780. The number of hydrogen-bond donors (Lipinski definition) is 2. The van der Waals surface area contributed by atoms with Crippen molar-refractivity contribution >= 4 is 40.7 Å². The third kappa shape index (κ3) is 9.33. The number of nitrogens with one attached hydrogen (secondary N) is 1. The molecule has 0 aliphatic carbocycles. The van der Waals surface area contributed by atoms with Crippen molar-refractivity contribution in [1.82, 2.24) is 25.0 Å². The van der Waals surface area contributed by atoms with E-state index >= 15 is 0 Å². The van der Waals surface area contributed by atoms with Crippen LogP contribution >= 0.6 is 0 Å². The third-order valence-corrected chi connectivity index (χ3v) is 9.43. The second kappa shape index (κ2) is 17.3. The van der Waals surface area contributed by atoms with E-state index in [1.165, 1.54) is 28.0 Å². The van der Waals surface area contributed by atoms with Crippen LogP contribution in [0.25, 0.3) is 10.9 Å². The molecule has 2 fully saturated rings. The highest BCUT2D eigenvalue weighted by Gasteiger charge is 2.34. The lowest BCUT2D eigenvalue weighted by Crippen LogP contribution is -2.56. The van der Waals surface area contributed by atoms with Gasteiger partial charge in [0.15, 0.2) is 6.10 Å². The van der Waals surface area contributed by atoms with Crippen molar-refractivity contribution in [2.24, 2.45) is 0 Å². The highest BCUT2D eigenvalue weighted by atomic mass is 19.1. The molecular weight excluding hydrogens is 673 g/mol. The number of amides is 4. The number of unbranched alkanes of at least 4 members (excludes halogenated alkanes) is 1. The van der Waals surface area contributed by atoms with Crippen LogP contribution in [-0.2, 0) is 19.1 Å². The first kappa shape index (κ1) is 38.0. The van der Waals surface area contributed by atoms with Gasteiger partial charge in [0.1, 0.15) is 23.3 Å². The van der Waals surface area contributed by atoms with E-state index in [1.54, 1.807) is 36.1 Å². The van der Waals surface area contributed by atoms with Crippen molar-refractivity contribution in [3.63, 3.8) is 0 Å². The van der Waals surface area contributed by atoms with Crippen LogP contribution in [0.4, 0.5) is 9.18 Å². The standard InChI is InChI=1S/C38H46FN5O8/c1-4-5-21-51-38(50)43-19-17-42(18-20-43)37(49)29(14-15-34(45)46)41-35(47)31-23-33(28-13-8-24(2)22-30(28)40-31)52-25(3)36(48)44-16-6-7-32(44)26-9-11-27(39)12-10-26/h8-13,22-23,25,29,32H,4-7,14-21H2,1-3H3,(H,41,47)(H,45,46). The predicted octanol–water partition coefficient (Wildman–Crippen LogP) is 4.86. The Labute approximate surface area is 302 Å². The Morgan fingerprint density at radius 2 is 1.69 bits per heavy atom. The molecule has 0 spiro atoms. The number of carbonyl (C=O) groups excluding carboxylic acids is 4. The average molecular weight is 720 g/mol. The first-order valence-electron chi connectivity index (χ1n) is 17.8. The zero-order chi connectivity index (χ0) is 37.4. The fourth-order valence-corrected chi connectivity index (χ4v) is 6.54. The van der Waals surface area contributed by atoms with E-state index in [0.717, 1.165) is 36.8 Å². The van der Waals surface area contributed by atoms with Gasteiger partial charge in [0.2, 0.25) is 5.91 Å². The van der Waals surface area contributed by atoms with Crippen LogP contribution in [0.3, 0.4) is 0 Å². The zero-order valence-electron chi connectivity index (χ0n) is 29.8. The summed E-state index contributed by atoms with van der Waals surface area (Å²) in [6, 6.07) is 11.6. The molecule has 2 aromatic carbocycles. The minimum atomic E-state index is -1.18. The van der Waals surface area contributed by atoms with Gasteiger partial charge in [-0.3, -0.25) is 19.2 Å².